The first kappa shape index (κ1) is 12.0. The third-order valence-electron chi connectivity index (χ3n) is 3.00. The molecule has 2 rings (SSSR count). The maximum absolute atomic E-state index is 5.74. The Balaban J connectivity index is 2.27. The fourth-order valence-corrected chi connectivity index (χ4v) is 2.12. The molecule has 1 aromatic rings. The highest BCUT2D eigenvalue weighted by molar-refractivity contribution is 5.42. The molecule has 92 valence electrons. The van der Waals surface area contributed by atoms with E-state index in [2.05, 4.69) is 18.0 Å². The van der Waals surface area contributed by atoms with Crippen molar-refractivity contribution in [2.75, 3.05) is 20.3 Å². The molecule has 1 aliphatic heterocycles. The first-order valence-electron chi connectivity index (χ1n) is 6.00. The van der Waals surface area contributed by atoms with Crippen molar-refractivity contribution in [1.82, 2.24) is 5.32 Å². The second-order valence-electron chi connectivity index (χ2n) is 4.14. The van der Waals surface area contributed by atoms with E-state index in [4.69, 9.17) is 9.47 Å². The summed E-state index contributed by atoms with van der Waals surface area (Å²) in [6, 6.07) is 6.30. The highest BCUT2D eigenvalue weighted by Crippen LogP contribution is 2.34. The standard InChI is InChI=1S/C14H19NO2/c1-3-8-15-13-5-4-9-17-14-7-6-11(16-2)10-12(13)14/h3,6-7,10,13,15H,1,4-5,8-9H2,2H3/t13-/m1/s1. The largest absolute Gasteiger partial charge is 0.497 e. The number of rotatable bonds is 4. The van der Waals surface area contributed by atoms with Crippen LogP contribution in [0.3, 0.4) is 0 Å². The summed E-state index contributed by atoms with van der Waals surface area (Å²) in [6.45, 7) is 5.33. The minimum atomic E-state index is 0.320. The summed E-state index contributed by atoms with van der Waals surface area (Å²) < 4.78 is 11.0. The Morgan fingerprint density at radius 3 is 3.24 bits per heavy atom. The van der Waals surface area contributed by atoms with E-state index in [0.717, 1.165) is 37.5 Å². The molecule has 1 N–H and O–H groups in total. The van der Waals surface area contributed by atoms with Crippen molar-refractivity contribution in [2.45, 2.75) is 18.9 Å². The van der Waals surface area contributed by atoms with Crippen LogP contribution in [-0.2, 0) is 0 Å². The van der Waals surface area contributed by atoms with E-state index in [9.17, 15) is 0 Å². The third kappa shape index (κ3) is 2.80. The van der Waals surface area contributed by atoms with Gasteiger partial charge in [0, 0.05) is 18.2 Å². The number of hydrogen-bond acceptors (Lipinski definition) is 3. The normalized spacial score (nSPS) is 18.8. The van der Waals surface area contributed by atoms with E-state index in [1.807, 2.05) is 18.2 Å². The molecule has 0 spiro atoms. The van der Waals surface area contributed by atoms with Gasteiger partial charge in [0.05, 0.1) is 13.7 Å². The summed E-state index contributed by atoms with van der Waals surface area (Å²) >= 11 is 0. The van der Waals surface area contributed by atoms with Crippen LogP contribution in [-0.4, -0.2) is 20.3 Å². The maximum Gasteiger partial charge on any atom is 0.124 e. The Bertz CT molecular complexity index is 390. The lowest BCUT2D eigenvalue weighted by atomic mass is 10.0. The molecular weight excluding hydrogens is 214 g/mol. The lowest BCUT2D eigenvalue weighted by molar-refractivity contribution is 0.315. The highest BCUT2D eigenvalue weighted by atomic mass is 16.5. The topological polar surface area (TPSA) is 30.5 Å². The summed E-state index contributed by atoms with van der Waals surface area (Å²) in [5.74, 6) is 1.84. The monoisotopic (exact) mass is 233 g/mol. The van der Waals surface area contributed by atoms with Gasteiger partial charge in [0.25, 0.3) is 0 Å². The van der Waals surface area contributed by atoms with Crippen LogP contribution in [0, 0.1) is 0 Å². The zero-order valence-corrected chi connectivity index (χ0v) is 10.2. The van der Waals surface area contributed by atoms with Crippen molar-refractivity contribution >= 4 is 0 Å². The van der Waals surface area contributed by atoms with Crippen molar-refractivity contribution in [1.29, 1.82) is 0 Å². The smallest absolute Gasteiger partial charge is 0.124 e. The minimum absolute atomic E-state index is 0.320. The van der Waals surface area contributed by atoms with Crippen molar-refractivity contribution in [3.63, 3.8) is 0 Å². The first-order chi connectivity index (χ1) is 8.35. The van der Waals surface area contributed by atoms with Crippen molar-refractivity contribution in [3.05, 3.63) is 36.4 Å². The molecule has 0 saturated carbocycles. The molecule has 0 saturated heterocycles. The Hall–Kier alpha value is -1.48. The number of ether oxygens (including phenoxy) is 2. The van der Waals surface area contributed by atoms with Crippen LogP contribution in [0.25, 0.3) is 0 Å². The molecule has 1 aromatic carbocycles. The molecule has 0 radical (unpaired) electrons. The minimum Gasteiger partial charge on any atom is -0.497 e. The van der Waals surface area contributed by atoms with Gasteiger partial charge in [-0.05, 0) is 31.0 Å². The lowest BCUT2D eigenvalue weighted by Gasteiger charge is -2.18. The van der Waals surface area contributed by atoms with Crippen molar-refractivity contribution < 1.29 is 9.47 Å². The fourth-order valence-electron chi connectivity index (χ4n) is 2.12. The second-order valence-corrected chi connectivity index (χ2v) is 4.14. The molecule has 17 heavy (non-hydrogen) atoms. The number of fused-ring (bicyclic) bond motifs is 1. The maximum atomic E-state index is 5.74. The van der Waals surface area contributed by atoms with E-state index in [0.29, 0.717) is 6.04 Å². The first-order valence-corrected chi connectivity index (χ1v) is 6.00. The summed E-state index contributed by atoms with van der Waals surface area (Å²) in [6.07, 6.45) is 4.02. The van der Waals surface area contributed by atoms with Crippen LogP contribution in [0.2, 0.25) is 0 Å². The number of methoxy groups -OCH3 is 1. The predicted octanol–water partition coefficient (Wildman–Crippen LogP) is 2.68. The average molecular weight is 233 g/mol. The average Bonchev–Trinajstić information content (AvgIpc) is 2.57. The van der Waals surface area contributed by atoms with Gasteiger partial charge in [0.1, 0.15) is 11.5 Å². The van der Waals surface area contributed by atoms with Gasteiger partial charge in [-0.1, -0.05) is 6.08 Å². The van der Waals surface area contributed by atoms with E-state index in [-0.39, 0.29) is 0 Å². The zero-order valence-electron chi connectivity index (χ0n) is 10.2. The van der Waals surface area contributed by atoms with Gasteiger partial charge < -0.3 is 14.8 Å². The molecular formula is C14H19NO2. The number of benzene rings is 1. The van der Waals surface area contributed by atoms with Crippen LogP contribution >= 0.6 is 0 Å². The Morgan fingerprint density at radius 2 is 2.47 bits per heavy atom. The summed E-state index contributed by atoms with van der Waals surface area (Å²) in [7, 11) is 1.69. The molecule has 1 atom stereocenters. The third-order valence-corrected chi connectivity index (χ3v) is 3.00. The summed E-state index contributed by atoms with van der Waals surface area (Å²) in [4.78, 5) is 0. The van der Waals surface area contributed by atoms with Crippen LogP contribution in [0.15, 0.2) is 30.9 Å². The molecule has 0 bridgehead atoms. The highest BCUT2D eigenvalue weighted by Gasteiger charge is 2.19. The van der Waals surface area contributed by atoms with E-state index < -0.39 is 0 Å². The van der Waals surface area contributed by atoms with Crippen molar-refractivity contribution in [2.24, 2.45) is 0 Å². The summed E-state index contributed by atoms with van der Waals surface area (Å²) in [5.41, 5.74) is 1.18. The molecule has 0 amide bonds. The van der Waals surface area contributed by atoms with E-state index >= 15 is 0 Å². The SMILES string of the molecule is C=CCN[C@@H]1CCCOc2ccc(OC)cc21. The molecule has 0 aromatic heterocycles. The van der Waals surface area contributed by atoms with Gasteiger partial charge >= 0.3 is 0 Å². The number of nitrogens with one attached hydrogen (secondary N) is 1. The Kier molecular flexibility index (Phi) is 4.04. The van der Waals surface area contributed by atoms with Crippen molar-refractivity contribution in [3.8, 4) is 11.5 Å². The van der Waals surface area contributed by atoms with Gasteiger partial charge in [-0.25, -0.2) is 0 Å². The van der Waals surface area contributed by atoms with Gasteiger partial charge in [0.15, 0.2) is 0 Å². The van der Waals surface area contributed by atoms with Crippen LogP contribution < -0.4 is 14.8 Å². The van der Waals surface area contributed by atoms with E-state index in [1.165, 1.54) is 5.56 Å². The molecule has 3 nitrogen and oxygen atoms in total. The van der Waals surface area contributed by atoms with Gasteiger partial charge in [-0.2, -0.15) is 0 Å². The lowest BCUT2D eigenvalue weighted by Crippen LogP contribution is -2.20. The fraction of sp³-hybridized carbons (Fsp3) is 0.429. The van der Waals surface area contributed by atoms with Gasteiger partial charge in [-0.15, -0.1) is 6.58 Å². The second kappa shape index (κ2) is 5.73. The van der Waals surface area contributed by atoms with Crippen LogP contribution in [0.4, 0.5) is 0 Å². The molecule has 1 heterocycles. The quantitative estimate of drug-likeness (QED) is 0.811. The Labute approximate surface area is 102 Å². The molecule has 3 heteroatoms. The Morgan fingerprint density at radius 1 is 1.59 bits per heavy atom. The zero-order chi connectivity index (χ0) is 12.1. The number of hydrogen-bond donors (Lipinski definition) is 1. The predicted molar refractivity (Wildman–Crippen MR) is 68.7 cm³/mol. The van der Waals surface area contributed by atoms with Gasteiger partial charge in [-0.3, -0.25) is 0 Å². The molecule has 1 aliphatic rings. The van der Waals surface area contributed by atoms with E-state index in [1.54, 1.807) is 7.11 Å². The molecule has 0 aliphatic carbocycles. The molecule has 0 unspecified atom stereocenters. The van der Waals surface area contributed by atoms with Crippen LogP contribution in [0.1, 0.15) is 24.4 Å². The summed E-state index contributed by atoms with van der Waals surface area (Å²) in [5, 5.41) is 3.47. The molecule has 0 fully saturated rings. The van der Waals surface area contributed by atoms with Gasteiger partial charge in [0.2, 0.25) is 0 Å². The van der Waals surface area contributed by atoms with Crippen LogP contribution in [0.5, 0.6) is 11.5 Å².